The Balaban J connectivity index is 3.89. The maximum atomic E-state index is 10.8. The van der Waals surface area contributed by atoms with Crippen molar-refractivity contribution in [2.24, 2.45) is 0 Å². The number of carbonyl (C=O) groups excluding carboxylic acids is 3. The zero-order valence-electron chi connectivity index (χ0n) is 6.99. The summed E-state index contributed by atoms with van der Waals surface area (Å²) in [7, 11) is 0. The molecule has 0 rings (SSSR count). The van der Waals surface area contributed by atoms with E-state index >= 15 is 0 Å². The molecule has 0 saturated carbocycles. The highest BCUT2D eigenvalue weighted by atomic mass is 16.5. The van der Waals surface area contributed by atoms with Crippen LogP contribution in [-0.4, -0.2) is 35.9 Å². The van der Waals surface area contributed by atoms with Gasteiger partial charge < -0.3 is 9.84 Å². The highest BCUT2D eigenvalue weighted by Crippen LogP contribution is 1.89. The Morgan fingerprint density at radius 2 is 2.00 bits per heavy atom. The maximum Gasteiger partial charge on any atom is 0.375 e. The van der Waals surface area contributed by atoms with E-state index in [1.807, 2.05) is 0 Å². The Morgan fingerprint density at radius 1 is 1.38 bits per heavy atom. The Bertz CT molecular complexity index is 231. The third-order valence-electron chi connectivity index (χ3n) is 1.09. The molecule has 0 aliphatic rings. The molecule has 0 heterocycles. The summed E-state index contributed by atoms with van der Waals surface area (Å²) in [5.74, 6) is -2.75. The minimum atomic E-state index is -1.08. The molecule has 0 spiro atoms. The van der Waals surface area contributed by atoms with E-state index in [9.17, 15) is 14.4 Å². The molecule has 0 saturated heterocycles. The number of aliphatic hydroxyl groups is 1. The summed E-state index contributed by atoms with van der Waals surface area (Å²) in [6.07, 6.45) is 0.686. The van der Waals surface area contributed by atoms with Gasteiger partial charge in [0.15, 0.2) is 5.78 Å². The van der Waals surface area contributed by atoms with Crippen molar-refractivity contribution in [3.63, 3.8) is 0 Å². The number of ketones is 2. The SMILES string of the molecule is C=CCOC(=O)C(=O)CC(=O)CO. The molecular formula is C8H10O5. The van der Waals surface area contributed by atoms with E-state index < -0.39 is 30.6 Å². The quantitative estimate of drug-likeness (QED) is 0.255. The number of aliphatic hydroxyl groups excluding tert-OH is 1. The molecular weight excluding hydrogens is 176 g/mol. The molecule has 0 fully saturated rings. The molecule has 5 nitrogen and oxygen atoms in total. The lowest BCUT2D eigenvalue weighted by Crippen LogP contribution is -2.21. The van der Waals surface area contributed by atoms with Crippen LogP contribution >= 0.6 is 0 Å². The normalized spacial score (nSPS) is 9.00. The number of Topliss-reactive ketones (excluding diaryl/α,β-unsaturated/α-hetero) is 2. The summed E-state index contributed by atoms with van der Waals surface area (Å²) < 4.78 is 4.36. The maximum absolute atomic E-state index is 10.8. The van der Waals surface area contributed by atoms with Crippen LogP contribution in [0.4, 0.5) is 0 Å². The van der Waals surface area contributed by atoms with E-state index in [1.54, 1.807) is 0 Å². The third kappa shape index (κ3) is 4.86. The van der Waals surface area contributed by atoms with Crippen LogP contribution in [0.25, 0.3) is 0 Å². The molecule has 0 amide bonds. The van der Waals surface area contributed by atoms with Gasteiger partial charge in [0.25, 0.3) is 0 Å². The first-order valence-electron chi connectivity index (χ1n) is 3.55. The van der Waals surface area contributed by atoms with Crippen LogP contribution < -0.4 is 0 Å². The first kappa shape index (κ1) is 11.5. The first-order chi connectivity index (χ1) is 6.11. The fourth-order valence-corrected chi connectivity index (χ4v) is 0.522. The molecule has 0 unspecified atom stereocenters. The molecule has 72 valence electrons. The van der Waals surface area contributed by atoms with Gasteiger partial charge >= 0.3 is 5.97 Å². The van der Waals surface area contributed by atoms with Crippen LogP contribution in [0.3, 0.4) is 0 Å². The van der Waals surface area contributed by atoms with Crippen molar-refractivity contribution in [2.75, 3.05) is 13.2 Å². The van der Waals surface area contributed by atoms with Gasteiger partial charge in [0.2, 0.25) is 5.78 Å². The molecule has 0 bridgehead atoms. The molecule has 0 aromatic carbocycles. The van der Waals surface area contributed by atoms with Gasteiger partial charge in [0, 0.05) is 0 Å². The molecule has 0 radical (unpaired) electrons. The molecule has 0 aromatic rings. The van der Waals surface area contributed by atoms with Crippen LogP contribution in [0, 0.1) is 0 Å². The molecule has 0 aromatic heterocycles. The zero-order chi connectivity index (χ0) is 10.3. The molecule has 0 atom stereocenters. The number of ether oxygens (including phenoxy) is 1. The number of hydrogen-bond acceptors (Lipinski definition) is 5. The average Bonchev–Trinajstić information content (AvgIpc) is 2.13. The van der Waals surface area contributed by atoms with Gasteiger partial charge in [0.1, 0.15) is 13.2 Å². The van der Waals surface area contributed by atoms with Crippen molar-refractivity contribution in [3.05, 3.63) is 12.7 Å². The van der Waals surface area contributed by atoms with Crippen molar-refractivity contribution in [3.8, 4) is 0 Å². The number of rotatable bonds is 6. The van der Waals surface area contributed by atoms with E-state index in [2.05, 4.69) is 11.3 Å². The minimum Gasteiger partial charge on any atom is -0.456 e. The molecule has 5 heteroatoms. The second-order valence-electron chi connectivity index (χ2n) is 2.18. The molecule has 13 heavy (non-hydrogen) atoms. The van der Waals surface area contributed by atoms with Crippen molar-refractivity contribution in [2.45, 2.75) is 6.42 Å². The predicted octanol–water partition coefficient (Wildman–Crippen LogP) is -0.764. The van der Waals surface area contributed by atoms with Crippen molar-refractivity contribution in [1.29, 1.82) is 0 Å². The summed E-state index contributed by atoms with van der Waals surface area (Å²) in [6.45, 7) is 2.45. The summed E-state index contributed by atoms with van der Waals surface area (Å²) in [5.41, 5.74) is 0. The van der Waals surface area contributed by atoms with Crippen LogP contribution in [0.5, 0.6) is 0 Å². The fourth-order valence-electron chi connectivity index (χ4n) is 0.522. The van der Waals surface area contributed by atoms with Crippen LogP contribution in [-0.2, 0) is 19.1 Å². The monoisotopic (exact) mass is 186 g/mol. The van der Waals surface area contributed by atoms with Crippen molar-refractivity contribution in [1.82, 2.24) is 0 Å². The third-order valence-corrected chi connectivity index (χ3v) is 1.09. The number of carbonyl (C=O) groups is 3. The van der Waals surface area contributed by atoms with E-state index in [-0.39, 0.29) is 6.61 Å². The summed E-state index contributed by atoms with van der Waals surface area (Å²) in [6, 6.07) is 0. The lowest BCUT2D eigenvalue weighted by Gasteiger charge is -1.98. The Hall–Kier alpha value is -1.49. The Labute approximate surface area is 75.0 Å². The number of hydrogen-bond donors (Lipinski definition) is 1. The van der Waals surface area contributed by atoms with Crippen LogP contribution in [0.2, 0.25) is 0 Å². The lowest BCUT2D eigenvalue weighted by molar-refractivity contribution is -0.154. The lowest BCUT2D eigenvalue weighted by atomic mass is 10.2. The standard InChI is InChI=1S/C8H10O5/c1-2-3-13-8(12)7(11)4-6(10)5-9/h2,9H,1,3-5H2. The van der Waals surface area contributed by atoms with Gasteiger partial charge in [-0.1, -0.05) is 12.7 Å². The summed E-state index contributed by atoms with van der Waals surface area (Å²) in [5, 5.41) is 8.27. The zero-order valence-corrected chi connectivity index (χ0v) is 6.99. The minimum absolute atomic E-state index is 0.0715. The van der Waals surface area contributed by atoms with Gasteiger partial charge in [-0.05, 0) is 0 Å². The summed E-state index contributed by atoms with van der Waals surface area (Å²) >= 11 is 0. The van der Waals surface area contributed by atoms with Crippen LogP contribution in [0.1, 0.15) is 6.42 Å². The molecule has 0 aliphatic heterocycles. The van der Waals surface area contributed by atoms with E-state index in [0.29, 0.717) is 0 Å². The van der Waals surface area contributed by atoms with Crippen molar-refractivity contribution >= 4 is 17.5 Å². The average molecular weight is 186 g/mol. The van der Waals surface area contributed by atoms with Gasteiger partial charge in [-0.25, -0.2) is 4.79 Å². The van der Waals surface area contributed by atoms with Gasteiger partial charge in [0.05, 0.1) is 6.42 Å². The first-order valence-corrected chi connectivity index (χ1v) is 3.55. The molecule has 1 N–H and O–H groups in total. The highest BCUT2D eigenvalue weighted by Gasteiger charge is 2.17. The predicted molar refractivity (Wildman–Crippen MR) is 42.9 cm³/mol. The van der Waals surface area contributed by atoms with E-state index in [0.717, 1.165) is 0 Å². The smallest absolute Gasteiger partial charge is 0.375 e. The van der Waals surface area contributed by atoms with E-state index in [1.165, 1.54) is 6.08 Å². The second kappa shape index (κ2) is 6.07. The van der Waals surface area contributed by atoms with Gasteiger partial charge in [-0.3, -0.25) is 9.59 Å². The highest BCUT2D eigenvalue weighted by molar-refractivity contribution is 6.37. The largest absolute Gasteiger partial charge is 0.456 e. The summed E-state index contributed by atoms with van der Waals surface area (Å²) in [4.78, 5) is 32.0. The molecule has 0 aliphatic carbocycles. The topological polar surface area (TPSA) is 80.7 Å². The van der Waals surface area contributed by atoms with E-state index in [4.69, 9.17) is 5.11 Å². The Morgan fingerprint density at radius 3 is 2.46 bits per heavy atom. The number of esters is 1. The van der Waals surface area contributed by atoms with Crippen molar-refractivity contribution < 1.29 is 24.2 Å². The van der Waals surface area contributed by atoms with Gasteiger partial charge in [-0.2, -0.15) is 0 Å². The fraction of sp³-hybridized carbons (Fsp3) is 0.375. The van der Waals surface area contributed by atoms with Gasteiger partial charge in [-0.15, -0.1) is 0 Å². The Kier molecular flexibility index (Phi) is 5.38. The van der Waals surface area contributed by atoms with Crippen LogP contribution in [0.15, 0.2) is 12.7 Å². The second-order valence-corrected chi connectivity index (χ2v) is 2.18.